The van der Waals surface area contributed by atoms with Gasteiger partial charge in [-0.15, -0.1) is 0 Å². The monoisotopic (exact) mass is 536 g/mol. The zero-order chi connectivity index (χ0) is 27.7. The van der Waals surface area contributed by atoms with Crippen molar-refractivity contribution < 1.29 is 41.0 Å². The van der Waals surface area contributed by atoms with E-state index in [1.54, 1.807) is 12.3 Å². The number of halogens is 6. The molecule has 0 spiro atoms. The molecule has 0 radical (unpaired) electrons. The van der Waals surface area contributed by atoms with E-state index in [-0.39, 0.29) is 23.3 Å². The SMILES string of the molecule is C[C@@H]1CN(c2ccn3ncc(C(=O)Nc4cn(C)nc4C(F)(F)F)c3n2)[C@@H](C)CN1.O=C(O)C(F)(F)F. The number of alkyl halides is 6. The number of carboxylic acids is 1. The van der Waals surface area contributed by atoms with Crippen LogP contribution in [-0.2, 0) is 18.0 Å². The van der Waals surface area contributed by atoms with Crippen LogP contribution in [0.15, 0.2) is 24.7 Å². The third-order valence-corrected chi connectivity index (χ3v) is 5.25. The molecular weight excluding hydrogens is 514 g/mol. The van der Waals surface area contributed by atoms with E-state index in [4.69, 9.17) is 9.90 Å². The first-order valence-corrected chi connectivity index (χ1v) is 10.6. The number of anilines is 2. The zero-order valence-corrected chi connectivity index (χ0v) is 19.6. The highest BCUT2D eigenvalue weighted by Gasteiger charge is 2.39. The number of carbonyl (C=O) groups is 2. The Morgan fingerprint density at radius 1 is 1.19 bits per heavy atom. The van der Waals surface area contributed by atoms with Gasteiger partial charge in [0.25, 0.3) is 5.91 Å². The summed E-state index contributed by atoms with van der Waals surface area (Å²) in [5.74, 6) is -2.82. The van der Waals surface area contributed by atoms with Crippen molar-refractivity contribution in [3.8, 4) is 0 Å². The molecule has 2 atom stereocenters. The molecule has 0 saturated carbocycles. The molecule has 3 aromatic rings. The van der Waals surface area contributed by atoms with Gasteiger partial charge in [-0.2, -0.15) is 36.5 Å². The van der Waals surface area contributed by atoms with Gasteiger partial charge in [0.2, 0.25) is 0 Å². The van der Waals surface area contributed by atoms with E-state index in [1.165, 1.54) is 17.8 Å². The van der Waals surface area contributed by atoms with Gasteiger partial charge in [-0.3, -0.25) is 9.48 Å². The van der Waals surface area contributed by atoms with Crippen molar-refractivity contribution in [2.45, 2.75) is 38.3 Å². The number of nitrogens with one attached hydrogen (secondary N) is 2. The van der Waals surface area contributed by atoms with E-state index in [2.05, 4.69) is 44.6 Å². The van der Waals surface area contributed by atoms with E-state index in [0.717, 1.165) is 24.0 Å². The standard InChI is InChI=1S/C18H21F3N8O.C2HF3O2/c1-10-8-28(11(2)6-22-10)14-4-5-29-16(25-14)12(7-23-29)17(30)24-13-9-27(3)26-15(13)18(19,20)21;3-2(4,5)1(6)7/h4-5,7,9-11,22H,6,8H2,1-3H3,(H,24,30);(H,6,7)/t10-,11+;/m1./s1. The topological polar surface area (TPSA) is 130 Å². The summed E-state index contributed by atoms with van der Waals surface area (Å²) in [5, 5.41) is 20.3. The lowest BCUT2D eigenvalue weighted by atomic mass is 10.1. The number of aryl methyl sites for hydroxylation is 1. The minimum absolute atomic E-state index is 0.0738. The summed E-state index contributed by atoms with van der Waals surface area (Å²) >= 11 is 0. The predicted octanol–water partition coefficient (Wildman–Crippen LogP) is 2.55. The Balaban J connectivity index is 0.000000479. The smallest absolute Gasteiger partial charge is 0.475 e. The van der Waals surface area contributed by atoms with Gasteiger partial charge in [0.05, 0.1) is 11.9 Å². The van der Waals surface area contributed by atoms with E-state index in [1.807, 2.05) is 0 Å². The third kappa shape index (κ3) is 6.46. The molecule has 0 aliphatic carbocycles. The number of fused-ring (bicyclic) bond motifs is 1. The van der Waals surface area contributed by atoms with Crippen LogP contribution >= 0.6 is 0 Å². The van der Waals surface area contributed by atoms with Crippen molar-refractivity contribution in [1.82, 2.24) is 29.7 Å². The van der Waals surface area contributed by atoms with Gasteiger partial charge in [0.15, 0.2) is 11.3 Å². The summed E-state index contributed by atoms with van der Waals surface area (Å²) in [5.41, 5.74) is -1.24. The third-order valence-electron chi connectivity index (χ3n) is 5.25. The molecule has 1 saturated heterocycles. The van der Waals surface area contributed by atoms with Gasteiger partial charge in [-0.05, 0) is 19.9 Å². The number of hydrogen-bond donors (Lipinski definition) is 3. The average Bonchev–Trinajstić information content (AvgIpc) is 3.37. The van der Waals surface area contributed by atoms with Crippen molar-refractivity contribution in [1.29, 1.82) is 0 Å². The number of carbonyl (C=O) groups excluding carboxylic acids is 1. The Morgan fingerprint density at radius 3 is 2.43 bits per heavy atom. The summed E-state index contributed by atoms with van der Waals surface area (Å²) in [4.78, 5) is 28.3. The highest BCUT2D eigenvalue weighted by atomic mass is 19.4. The quantitative estimate of drug-likeness (QED) is 0.436. The number of carboxylic acid groups (broad SMARTS) is 1. The number of aliphatic carboxylic acids is 1. The molecule has 1 fully saturated rings. The van der Waals surface area contributed by atoms with Gasteiger partial charge < -0.3 is 20.6 Å². The second-order valence-corrected chi connectivity index (χ2v) is 8.24. The molecule has 202 valence electrons. The molecule has 0 bridgehead atoms. The minimum atomic E-state index is -5.08. The first kappa shape index (κ1) is 27.7. The molecular formula is C20H22F6N8O3. The lowest BCUT2D eigenvalue weighted by Gasteiger charge is -2.38. The van der Waals surface area contributed by atoms with E-state index in [0.29, 0.717) is 5.82 Å². The Hall–Kier alpha value is -3.89. The number of nitrogens with zero attached hydrogens (tertiary/aromatic N) is 6. The van der Waals surface area contributed by atoms with Crippen molar-refractivity contribution in [2.24, 2.45) is 7.05 Å². The lowest BCUT2D eigenvalue weighted by Crippen LogP contribution is -2.54. The second kappa shape index (κ2) is 10.2. The lowest BCUT2D eigenvalue weighted by molar-refractivity contribution is -0.192. The summed E-state index contributed by atoms with van der Waals surface area (Å²) in [6.07, 6.45) is -5.70. The van der Waals surface area contributed by atoms with Crippen molar-refractivity contribution in [3.05, 3.63) is 35.9 Å². The van der Waals surface area contributed by atoms with Crippen LogP contribution in [0, 0.1) is 0 Å². The summed E-state index contributed by atoms with van der Waals surface area (Å²) in [6.45, 7) is 5.67. The van der Waals surface area contributed by atoms with Crippen LogP contribution < -0.4 is 15.5 Å². The van der Waals surface area contributed by atoms with E-state index in [9.17, 15) is 31.1 Å². The van der Waals surface area contributed by atoms with Crippen LogP contribution in [0.4, 0.5) is 37.8 Å². The number of rotatable bonds is 3. The van der Waals surface area contributed by atoms with Crippen LogP contribution in [0.3, 0.4) is 0 Å². The van der Waals surface area contributed by atoms with Gasteiger partial charge in [0.1, 0.15) is 11.4 Å². The molecule has 4 rings (SSSR count). The van der Waals surface area contributed by atoms with Crippen LogP contribution in [0.5, 0.6) is 0 Å². The van der Waals surface area contributed by atoms with Crippen molar-refractivity contribution in [3.63, 3.8) is 0 Å². The maximum Gasteiger partial charge on any atom is 0.490 e. The number of aromatic nitrogens is 5. The Kier molecular flexibility index (Phi) is 7.66. The van der Waals surface area contributed by atoms with Gasteiger partial charge >= 0.3 is 18.3 Å². The predicted molar refractivity (Wildman–Crippen MR) is 117 cm³/mol. The van der Waals surface area contributed by atoms with Gasteiger partial charge in [-0.25, -0.2) is 14.3 Å². The maximum atomic E-state index is 13.2. The molecule has 11 nitrogen and oxygen atoms in total. The number of amides is 1. The van der Waals surface area contributed by atoms with Crippen LogP contribution in [0.25, 0.3) is 5.65 Å². The van der Waals surface area contributed by atoms with E-state index >= 15 is 0 Å². The molecule has 1 amide bonds. The zero-order valence-electron chi connectivity index (χ0n) is 19.6. The molecule has 3 aromatic heterocycles. The molecule has 3 N–H and O–H groups in total. The number of hydrogen-bond acceptors (Lipinski definition) is 7. The highest BCUT2D eigenvalue weighted by Crippen LogP contribution is 2.33. The molecule has 17 heteroatoms. The van der Waals surface area contributed by atoms with Crippen LogP contribution in [-0.4, -0.2) is 72.7 Å². The van der Waals surface area contributed by atoms with Crippen molar-refractivity contribution >= 4 is 29.0 Å². The molecule has 1 aliphatic heterocycles. The molecule has 4 heterocycles. The van der Waals surface area contributed by atoms with E-state index < -0.39 is 35.6 Å². The first-order valence-electron chi connectivity index (χ1n) is 10.6. The molecule has 1 aliphatic rings. The first-order chi connectivity index (χ1) is 17.1. The fourth-order valence-corrected chi connectivity index (χ4v) is 3.50. The highest BCUT2D eigenvalue weighted by molar-refractivity contribution is 6.08. The normalized spacial score (nSPS) is 18.4. The van der Waals surface area contributed by atoms with Crippen LogP contribution in [0.1, 0.15) is 29.9 Å². The summed E-state index contributed by atoms with van der Waals surface area (Å²) < 4.78 is 73.7. The Bertz CT molecular complexity index is 1290. The fraction of sp³-hybridized carbons (Fsp3) is 0.450. The molecule has 0 unspecified atom stereocenters. The van der Waals surface area contributed by atoms with Gasteiger partial charge in [-0.1, -0.05) is 0 Å². The Labute approximate surface area is 205 Å². The maximum absolute atomic E-state index is 13.2. The van der Waals surface area contributed by atoms with Crippen LogP contribution in [0.2, 0.25) is 0 Å². The Morgan fingerprint density at radius 2 is 1.84 bits per heavy atom. The van der Waals surface area contributed by atoms with Gasteiger partial charge in [0, 0.05) is 44.6 Å². The minimum Gasteiger partial charge on any atom is -0.475 e. The summed E-state index contributed by atoms with van der Waals surface area (Å²) in [7, 11) is 1.35. The van der Waals surface area contributed by atoms with Crippen molar-refractivity contribution in [2.75, 3.05) is 23.3 Å². The second-order valence-electron chi connectivity index (χ2n) is 8.24. The number of piperazine rings is 1. The summed E-state index contributed by atoms with van der Waals surface area (Å²) in [6, 6.07) is 2.28. The molecule has 0 aromatic carbocycles. The fourth-order valence-electron chi connectivity index (χ4n) is 3.50. The largest absolute Gasteiger partial charge is 0.490 e. The average molecular weight is 536 g/mol. The molecule has 37 heavy (non-hydrogen) atoms.